The molecule has 0 aliphatic heterocycles. The third-order valence-corrected chi connectivity index (χ3v) is 4.96. The number of aryl methyl sites for hydroxylation is 1. The zero-order valence-corrected chi connectivity index (χ0v) is 13.5. The lowest BCUT2D eigenvalue weighted by Gasteiger charge is -1.93. The SMILES string of the molecule is CCCCc1ncn(Sc2nc3ccc(C(=O)O)cc3s2)n1. The van der Waals surface area contributed by atoms with E-state index in [1.54, 1.807) is 28.6 Å². The third-order valence-electron chi connectivity index (χ3n) is 3.06. The predicted molar refractivity (Wildman–Crippen MR) is 86.5 cm³/mol. The van der Waals surface area contributed by atoms with Gasteiger partial charge in [0.15, 0.2) is 10.2 Å². The number of fused-ring (bicyclic) bond motifs is 1. The molecule has 0 saturated carbocycles. The van der Waals surface area contributed by atoms with Crippen molar-refractivity contribution in [1.82, 2.24) is 19.2 Å². The Balaban J connectivity index is 1.78. The number of unbranched alkanes of at least 4 members (excludes halogenated alkanes) is 1. The molecule has 22 heavy (non-hydrogen) atoms. The molecule has 2 aromatic heterocycles. The minimum absolute atomic E-state index is 0.273. The van der Waals surface area contributed by atoms with E-state index in [1.165, 1.54) is 23.3 Å². The van der Waals surface area contributed by atoms with Crippen LogP contribution in [0.1, 0.15) is 35.9 Å². The topological polar surface area (TPSA) is 80.9 Å². The Kier molecular flexibility index (Phi) is 4.39. The summed E-state index contributed by atoms with van der Waals surface area (Å²) in [5.41, 5.74) is 1.07. The van der Waals surface area contributed by atoms with Crippen LogP contribution in [0.3, 0.4) is 0 Å². The molecule has 0 amide bonds. The molecule has 3 aromatic rings. The molecule has 0 fully saturated rings. The van der Waals surface area contributed by atoms with Crippen molar-refractivity contribution in [3.05, 3.63) is 35.9 Å². The summed E-state index contributed by atoms with van der Waals surface area (Å²) < 4.78 is 3.36. The summed E-state index contributed by atoms with van der Waals surface area (Å²) in [5.74, 6) is -0.0926. The number of thiazole rings is 1. The number of carbonyl (C=O) groups is 1. The van der Waals surface area contributed by atoms with E-state index >= 15 is 0 Å². The second-order valence-electron chi connectivity index (χ2n) is 4.73. The molecule has 0 spiro atoms. The van der Waals surface area contributed by atoms with Crippen LogP contribution in [0.25, 0.3) is 10.2 Å². The van der Waals surface area contributed by atoms with Crippen molar-refractivity contribution < 1.29 is 9.90 Å². The molecule has 0 saturated heterocycles. The first-order valence-electron chi connectivity index (χ1n) is 6.88. The van der Waals surface area contributed by atoms with E-state index in [4.69, 9.17) is 5.11 Å². The number of hydrogen-bond acceptors (Lipinski definition) is 6. The van der Waals surface area contributed by atoms with Crippen LogP contribution in [0.5, 0.6) is 0 Å². The molecule has 0 aliphatic rings. The summed E-state index contributed by atoms with van der Waals surface area (Å²) >= 11 is 2.84. The predicted octanol–water partition coefficient (Wildman–Crippen LogP) is 3.48. The molecule has 1 aromatic carbocycles. The summed E-state index contributed by atoms with van der Waals surface area (Å²) in [6, 6.07) is 4.94. The Bertz CT molecular complexity index is 812. The number of aromatic nitrogens is 4. The van der Waals surface area contributed by atoms with Gasteiger partial charge in [-0.2, -0.15) is 4.09 Å². The van der Waals surface area contributed by atoms with Crippen LogP contribution < -0.4 is 0 Å². The summed E-state index contributed by atoms with van der Waals surface area (Å²) in [6.07, 6.45) is 4.76. The largest absolute Gasteiger partial charge is 0.478 e. The van der Waals surface area contributed by atoms with Gasteiger partial charge >= 0.3 is 5.97 Å². The monoisotopic (exact) mass is 334 g/mol. The molecule has 2 heterocycles. The summed E-state index contributed by atoms with van der Waals surface area (Å²) in [6.45, 7) is 2.14. The van der Waals surface area contributed by atoms with Gasteiger partial charge in [-0.3, -0.25) is 0 Å². The minimum Gasteiger partial charge on any atom is -0.478 e. The van der Waals surface area contributed by atoms with Crippen LogP contribution >= 0.6 is 23.3 Å². The highest BCUT2D eigenvalue weighted by Crippen LogP contribution is 2.30. The number of carboxylic acid groups (broad SMARTS) is 1. The molecule has 8 heteroatoms. The minimum atomic E-state index is -0.929. The molecular weight excluding hydrogens is 320 g/mol. The summed E-state index contributed by atoms with van der Waals surface area (Å²) in [5, 5.41) is 13.4. The standard InChI is InChI=1S/C14H14N4O2S2/c1-2-3-4-12-15-8-18(17-12)22-14-16-10-6-5-9(13(19)20)7-11(10)21-14/h5-8H,2-4H2,1H3,(H,19,20). The maximum atomic E-state index is 11.0. The fraction of sp³-hybridized carbons (Fsp3) is 0.286. The maximum Gasteiger partial charge on any atom is 0.335 e. The fourth-order valence-electron chi connectivity index (χ4n) is 1.93. The van der Waals surface area contributed by atoms with Crippen molar-refractivity contribution in [3.63, 3.8) is 0 Å². The highest BCUT2D eigenvalue weighted by atomic mass is 32.2. The van der Waals surface area contributed by atoms with E-state index in [9.17, 15) is 4.79 Å². The Hall–Kier alpha value is -1.93. The molecule has 6 nitrogen and oxygen atoms in total. The van der Waals surface area contributed by atoms with Crippen LogP contribution in [0, 0.1) is 0 Å². The Morgan fingerprint density at radius 2 is 2.32 bits per heavy atom. The first-order chi connectivity index (χ1) is 10.7. The molecule has 1 N–H and O–H groups in total. The fourth-order valence-corrected chi connectivity index (χ4v) is 3.84. The second-order valence-corrected chi connectivity index (χ2v) is 6.96. The molecule has 114 valence electrons. The zero-order valence-electron chi connectivity index (χ0n) is 11.9. The second kappa shape index (κ2) is 6.45. The van der Waals surface area contributed by atoms with Gasteiger partial charge in [0.2, 0.25) is 0 Å². The van der Waals surface area contributed by atoms with Gasteiger partial charge in [-0.05, 0) is 24.6 Å². The molecule has 0 bridgehead atoms. The normalized spacial score (nSPS) is 11.1. The highest BCUT2D eigenvalue weighted by Gasteiger charge is 2.10. The van der Waals surface area contributed by atoms with Crippen molar-refractivity contribution in [2.45, 2.75) is 30.5 Å². The van der Waals surface area contributed by atoms with Crippen molar-refractivity contribution in [2.24, 2.45) is 0 Å². The van der Waals surface area contributed by atoms with Crippen molar-refractivity contribution >= 4 is 39.5 Å². The smallest absolute Gasteiger partial charge is 0.335 e. The number of nitrogens with zero attached hydrogens (tertiary/aromatic N) is 4. The van der Waals surface area contributed by atoms with E-state index in [2.05, 4.69) is 22.0 Å². The number of benzene rings is 1. The van der Waals surface area contributed by atoms with Crippen LogP contribution in [0.2, 0.25) is 0 Å². The van der Waals surface area contributed by atoms with E-state index in [0.717, 1.165) is 39.6 Å². The van der Waals surface area contributed by atoms with Gasteiger partial charge in [0.1, 0.15) is 6.33 Å². The molecule has 0 aliphatic carbocycles. The summed E-state index contributed by atoms with van der Waals surface area (Å²) in [7, 11) is 0. The van der Waals surface area contributed by atoms with Crippen LogP contribution in [0.15, 0.2) is 28.9 Å². The Morgan fingerprint density at radius 1 is 1.45 bits per heavy atom. The van der Waals surface area contributed by atoms with Crippen LogP contribution in [-0.2, 0) is 6.42 Å². The van der Waals surface area contributed by atoms with Gasteiger partial charge in [-0.15, -0.1) is 16.4 Å². The Morgan fingerprint density at radius 3 is 3.09 bits per heavy atom. The molecule has 3 rings (SSSR count). The lowest BCUT2D eigenvalue weighted by molar-refractivity contribution is 0.0697. The molecule has 0 radical (unpaired) electrons. The van der Waals surface area contributed by atoms with Gasteiger partial charge in [-0.1, -0.05) is 13.3 Å². The first-order valence-corrected chi connectivity index (χ1v) is 8.47. The number of carboxylic acids is 1. The van der Waals surface area contributed by atoms with Gasteiger partial charge in [-0.25, -0.2) is 14.8 Å². The van der Waals surface area contributed by atoms with Gasteiger partial charge in [0, 0.05) is 18.4 Å². The molecule has 0 atom stereocenters. The molecular formula is C14H14N4O2S2. The van der Waals surface area contributed by atoms with Crippen LogP contribution in [0.4, 0.5) is 0 Å². The van der Waals surface area contributed by atoms with Crippen LogP contribution in [-0.4, -0.2) is 30.2 Å². The van der Waals surface area contributed by atoms with E-state index in [0.29, 0.717) is 0 Å². The highest BCUT2D eigenvalue weighted by molar-refractivity contribution is 7.99. The lowest BCUT2D eigenvalue weighted by Crippen LogP contribution is -1.94. The van der Waals surface area contributed by atoms with Gasteiger partial charge in [0.05, 0.1) is 15.8 Å². The number of hydrogen-bond donors (Lipinski definition) is 1. The Labute approximate surface area is 135 Å². The first kappa shape index (κ1) is 15.0. The maximum absolute atomic E-state index is 11.0. The molecule has 0 unspecified atom stereocenters. The van der Waals surface area contributed by atoms with E-state index in [-0.39, 0.29) is 5.56 Å². The van der Waals surface area contributed by atoms with Crippen molar-refractivity contribution in [3.8, 4) is 0 Å². The van der Waals surface area contributed by atoms with Gasteiger partial charge in [0.25, 0.3) is 0 Å². The van der Waals surface area contributed by atoms with E-state index < -0.39 is 5.97 Å². The lowest BCUT2D eigenvalue weighted by atomic mass is 10.2. The van der Waals surface area contributed by atoms with Crippen molar-refractivity contribution in [2.75, 3.05) is 0 Å². The number of rotatable bonds is 6. The van der Waals surface area contributed by atoms with E-state index in [1.807, 2.05) is 0 Å². The average Bonchev–Trinajstić information content (AvgIpc) is 3.10. The number of aromatic carboxylic acids is 1. The van der Waals surface area contributed by atoms with Crippen molar-refractivity contribution in [1.29, 1.82) is 0 Å². The third kappa shape index (κ3) is 3.28. The van der Waals surface area contributed by atoms with Gasteiger partial charge < -0.3 is 5.11 Å². The summed E-state index contributed by atoms with van der Waals surface area (Å²) in [4.78, 5) is 19.7. The quantitative estimate of drug-likeness (QED) is 0.743. The average molecular weight is 334 g/mol. The zero-order chi connectivity index (χ0) is 15.5.